The van der Waals surface area contributed by atoms with Crippen LogP contribution in [0.2, 0.25) is 0 Å². The fourth-order valence-corrected chi connectivity index (χ4v) is 3.91. The maximum absolute atomic E-state index is 12.6. The Kier molecular flexibility index (Phi) is 9.19. The van der Waals surface area contributed by atoms with Crippen LogP contribution in [-0.4, -0.2) is 57.3 Å². The van der Waals surface area contributed by atoms with E-state index < -0.39 is 28.3 Å². The van der Waals surface area contributed by atoms with E-state index in [1.165, 1.54) is 25.6 Å². The average Bonchev–Trinajstić information content (AvgIpc) is 3.19. The molecule has 2 aromatic rings. The molecule has 0 aliphatic heterocycles. The van der Waals surface area contributed by atoms with Gasteiger partial charge in [-0.1, -0.05) is 0 Å². The van der Waals surface area contributed by atoms with Gasteiger partial charge in [0.1, 0.15) is 6.04 Å². The lowest BCUT2D eigenvalue weighted by molar-refractivity contribution is -0.118. The number of carboxylic acid groups (broad SMARTS) is 1. The van der Waals surface area contributed by atoms with E-state index in [4.69, 9.17) is 19.7 Å². The number of nitrogens with one attached hydrogen (secondary N) is 3. The van der Waals surface area contributed by atoms with Gasteiger partial charge in [0.2, 0.25) is 5.91 Å². The van der Waals surface area contributed by atoms with E-state index in [1.807, 2.05) is 0 Å². The Morgan fingerprint density at radius 3 is 2.56 bits per heavy atom. The largest absolute Gasteiger partial charge is 0.493 e. The van der Waals surface area contributed by atoms with Gasteiger partial charge in [-0.2, -0.15) is 8.42 Å². The molecule has 0 radical (unpaired) electrons. The van der Waals surface area contributed by atoms with Crippen molar-refractivity contribution in [2.24, 2.45) is 5.14 Å². The Bertz CT molecular complexity index is 1040. The van der Waals surface area contributed by atoms with Crippen LogP contribution in [0.5, 0.6) is 11.5 Å². The molecular weight excluding hydrogens is 462 g/mol. The fraction of sp³-hybridized carbons (Fsp3) is 0.389. The Hall–Kier alpha value is -2.94. The minimum Gasteiger partial charge on any atom is -0.493 e. The first-order valence-electron chi connectivity index (χ1n) is 9.38. The van der Waals surface area contributed by atoms with Gasteiger partial charge in [-0.3, -0.25) is 4.79 Å². The number of carbonyl (C=O) groups is 2. The first-order chi connectivity index (χ1) is 15.1. The molecule has 0 saturated heterocycles. The molecule has 6 N–H and O–H groups in total. The number of nitrogens with zero attached hydrogens (tertiary/aromatic N) is 1. The van der Waals surface area contributed by atoms with E-state index in [0.29, 0.717) is 35.2 Å². The summed E-state index contributed by atoms with van der Waals surface area (Å²) < 4.78 is 34.3. The summed E-state index contributed by atoms with van der Waals surface area (Å²) >= 11 is 1.19. The Morgan fingerprint density at radius 2 is 1.94 bits per heavy atom. The molecule has 1 aromatic carbocycles. The number of amides is 2. The van der Waals surface area contributed by atoms with Crippen LogP contribution < -0.4 is 30.0 Å². The zero-order chi connectivity index (χ0) is 23.7. The predicted molar refractivity (Wildman–Crippen MR) is 119 cm³/mol. The third-order valence-corrected chi connectivity index (χ3v) is 5.61. The monoisotopic (exact) mass is 487 g/mol. The molecule has 0 bridgehead atoms. The molecule has 0 fully saturated rings. The van der Waals surface area contributed by atoms with Crippen molar-refractivity contribution >= 4 is 38.7 Å². The van der Waals surface area contributed by atoms with Crippen LogP contribution >= 0.6 is 11.3 Å². The van der Waals surface area contributed by atoms with E-state index in [9.17, 15) is 18.0 Å². The Labute approximate surface area is 189 Å². The number of methoxy groups -OCH3 is 2. The molecule has 0 saturated carbocycles. The molecular formula is C18H25N5O7S2. The molecule has 2 amide bonds. The number of carbonyl (C=O) groups excluding carboxylic acids is 1. The molecule has 1 unspecified atom stereocenters. The van der Waals surface area contributed by atoms with Crippen LogP contribution in [0.1, 0.15) is 19.3 Å². The van der Waals surface area contributed by atoms with Gasteiger partial charge in [0.25, 0.3) is 10.2 Å². The van der Waals surface area contributed by atoms with Gasteiger partial charge in [0, 0.05) is 17.5 Å². The normalized spacial score (nSPS) is 12.1. The Morgan fingerprint density at radius 1 is 1.22 bits per heavy atom. The number of nitrogens with two attached hydrogens (primary N) is 1. The van der Waals surface area contributed by atoms with Crippen molar-refractivity contribution < 1.29 is 32.6 Å². The number of hydrogen-bond donors (Lipinski definition) is 5. The van der Waals surface area contributed by atoms with Gasteiger partial charge in [-0.15, -0.1) is 11.3 Å². The van der Waals surface area contributed by atoms with Gasteiger partial charge in [-0.25, -0.2) is 19.6 Å². The molecule has 1 aromatic heterocycles. The summed E-state index contributed by atoms with van der Waals surface area (Å²) in [5.74, 6) is 0.535. The summed E-state index contributed by atoms with van der Waals surface area (Å²) in [5.41, 5.74) is 1.35. The van der Waals surface area contributed by atoms with Crippen LogP contribution in [0.25, 0.3) is 11.3 Å². The maximum atomic E-state index is 12.6. The molecule has 32 heavy (non-hydrogen) atoms. The first-order valence-corrected chi connectivity index (χ1v) is 11.8. The third kappa shape index (κ3) is 7.96. The predicted octanol–water partition coefficient (Wildman–Crippen LogP) is 1.37. The number of unbranched alkanes of at least 4 members (excludes halogenated alkanes) is 1. The summed E-state index contributed by atoms with van der Waals surface area (Å²) in [5, 5.41) is 20.7. The minimum atomic E-state index is -3.79. The van der Waals surface area contributed by atoms with E-state index >= 15 is 0 Å². The molecule has 176 valence electrons. The van der Waals surface area contributed by atoms with Gasteiger partial charge in [-0.05, 0) is 37.5 Å². The lowest BCUT2D eigenvalue weighted by atomic mass is 10.1. The summed E-state index contributed by atoms with van der Waals surface area (Å²) in [6.45, 7) is 0.0847. The topological polar surface area (TPSA) is 182 Å². The SMILES string of the molecule is COc1ccc(-c2csc(NC(=O)C(CCCCNS(N)(=O)=O)NC(=O)O)n2)cc1OC. The zero-order valence-corrected chi connectivity index (χ0v) is 19.1. The molecule has 0 spiro atoms. The van der Waals surface area contributed by atoms with Crippen molar-refractivity contribution in [1.29, 1.82) is 0 Å². The second-order valence-electron chi connectivity index (χ2n) is 6.53. The van der Waals surface area contributed by atoms with Crippen LogP contribution in [0, 0.1) is 0 Å². The Balaban J connectivity index is 2.01. The first kappa shape index (κ1) is 25.3. The van der Waals surface area contributed by atoms with Crippen molar-refractivity contribution in [3.8, 4) is 22.8 Å². The number of rotatable bonds is 12. The second kappa shape index (κ2) is 11.6. The van der Waals surface area contributed by atoms with Crippen LogP contribution in [0.4, 0.5) is 9.93 Å². The van der Waals surface area contributed by atoms with Crippen molar-refractivity contribution in [2.75, 3.05) is 26.1 Å². The van der Waals surface area contributed by atoms with Crippen molar-refractivity contribution in [3.05, 3.63) is 23.6 Å². The smallest absolute Gasteiger partial charge is 0.405 e. The van der Waals surface area contributed by atoms with Crippen molar-refractivity contribution in [2.45, 2.75) is 25.3 Å². The van der Waals surface area contributed by atoms with Crippen LogP contribution in [0.3, 0.4) is 0 Å². The number of benzene rings is 1. The highest BCUT2D eigenvalue weighted by Gasteiger charge is 2.21. The molecule has 1 heterocycles. The van der Waals surface area contributed by atoms with E-state index in [0.717, 1.165) is 5.56 Å². The van der Waals surface area contributed by atoms with Crippen LogP contribution in [0.15, 0.2) is 23.6 Å². The number of hydrogen-bond acceptors (Lipinski definition) is 8. The molecule has 2 rings (SSSR count). The number of anilines is 1. The van der Waals surface area contributed by atoms with Gasteiger partial charge >= 0.3 is 6.09 Å². The summed E-state index contributed by atoms with van der Waals surface area (Å²) in [4.78, 5) is 28.0. The highest BCUT2D eigenvalue weighted by molar-refractivity contribution is 7.87. The highest BCUT2D eigenvalue weighted by atomic mass is 32.2. The number of aromatic nitrogens is 1. The lowest BCUT2D eigenvalue weighted by Crippen LogP contribution is -2.43. The minimum absolute atomic E-state index is 0.0847. The summed E-state index contributed by atoms with van der Waals surface area (Å²) in [7, 11) is -0.734. The van der Waals surface area contributed by atoms with E-state index in [2.05, 4.69) is 20.3 Å². The molecule has 12 nitrogen and oxygen atoms in total. The van der Waals surface area contributed by atoms with Crippen molar-refractivity contribution in [3.63, 3.8) is 0 Å². The third-order valence-electron chi connectivity index (χ3n) is 4.25. The van der Waals surface area contributed by atoms with Gasteiger partial charge < -0.3 is 25.2 Å². The van der Waals surface area contributed by atoms with Crippen molar-refractivity contribution in [1.82, 2.24) is 15.0 Å². The van der Waals surface area contributed by atoms with E-state index in [-0.39, 0.29) is 13.0 Å². The summed E-state index contributed by atoms with van der Waals surface area (Å²) in [6, 6.07) is 4.26. The standard InChI is InChI=1S/C18H25N5O7S2/c1-29-14-7-6-11(9-15(14)30-2)13-10-31-17(21-13)23-16(24)12(22-18(25)26)5-3-4-8-20-32(19,27)28/h6-7,9-10,12,20,22H,3-5,8H2,1-2H3,(H,25,26)(H2,19,27,28)(H,21,23,24). The quantitative estimate of drug-likeness (QED) is 0.278. The maximum Gasteiger partial charge on any atom is 0.405 e. The fourth-order valence-electron chi connectivity index (χ4n) is 2.76. The number of ether oxygens (including phenoxy) is 2. The average molecular weight is 488 g/mol. The lowest BCUT2D eigenvalue weighted by Gasteiger charge is -2.15. The van der Waals surface area contributed by atoms with Gasteiger partial charge in [0.15, 0.2) is 16.6 Å². The molecule has 0 aliphatic rings. The molecule has 1 atom stereocenters. The van der Waals surface area contributed by atoms with Crippen LogP contribution in [-0.2, 0) is 15.0 Å². The second-order valence-corrected chi connectivity index (χ2v) is 8.77. The van der Waals surface area contributed by atoms with E-state index in [1.54, 1.807) is 23.6 Å². The number of thiazole rings is 1. The molecule has 0 aliphatic carbocycles. The highest BCUT2D eigenvalue weighted by Crippen LogP contribution is 2.33. The van der Waals surface area contributed by atoms with Gasteiger partial charge in [0.05, 0.1) is 19.9 Å². The summed E-state index contributed by atoms with van der Waals surface area (Å²) in [6.07, 6.45) is -0.422. The zero-order valence-electron chi connectivity index (χ0n) is 17.5. The molecule has 14 heteroatoms.